The van der Waals surface area contributed by atoms with E-state index in [1.54, 1.807) is 7.11 Å². The van der Waals surface area contributed by atoms with Crippen LogP contribution in [-0.4, -0.2) is 50.5 Å². The lowest BCUT2D eigenvalue weighted by molar-refractivity contribution is 0.0962. The number of ketones is 1. The Balaban J connectivity index is 1.89. The van der Waals surface area contributed by atoms with Gasteiger partial charge in [0.25, 0.3) is 0 Å². The molecule has 4 nitrogen and oxygen atoms in total. The third-order valence-electron chi connectivity index (χ3n) is 3.50. The summed E-state index contributed by atoms with van der Waals surface area (Å²) >= 11 is 0. The van der Waals surface area contributed by atoms with Gasteiger partial charge in [-0.15, -0.1) is 0 Å². The quantitative estimate of drug-likeness (QED) is 0.818. The molecule has 0 amide bonds. The molecular weight excluding hydrogens is 240 g/mol. The van der Waals surface area contributed by atoms with Crippen LogP contribution < -0.4 is 10.1 Å². The van der Waals surface area contributed by atoms with Crippen LogP contribution in [0.5, 0.6) is 5.75 Å². The van der Waals surface area contributed by atoms with E-state index in [0.717, 1.165) is 39.1 Å². The van der Waals surface area contributed by atoms with Crippen LogP contribution in [0.2, 0.25) is 0 Å². The van der Waals surface area contributed by atoms with Crippen molar-refractivity contribution in [2.45, 2.75) is 12.8 Å². The van der Waals surface area contributed by atoms with E-state index in [1.807, 2.05) is 24.3 Å². The molecule has 0 bridgehead atoms. The van der Waals surface area contributed by atoms with E-state index in [-0.39, 0.29) is 5.78 Å². The summed E-state index contributed by atoms with van der Waals surface area (Å²) < 4.78 is 5.23. The summed E-state index contributed by atoms with van der Waals surface area (Å²) in [6, 6.07) is 7.44. The molecule has 1 aliphatic rings. The van der Waals surface area contributed by atoms with Crippen molar-refractivity contribution in [1.82, 2.24) is 10.2 Å². The van der Waals surface area contributed by atoms with Gasteiger partial charge in [-0.1, -0.05) is 12.1 Å². The Morgan fingerprint density at radius 1 is 1.32 bits per heavy atom. The summed E-state index contributed by atoms with van der Waals surface area (Å²) in [7, 11) is 1.60. The average molecular weight is 262 g/mol. The number of benzene rings is 1. The number of nitrogens with zero attached hydrogens (tertiary/aromatic N) is 1. The number of carbonyl (C=O) groups excluding carboxylic acids is 1. The van der Waals surface area contributed by atoms with Crippen LogP contribution in [0.4, 0.5) is 0 Å². The average Bonchev–Trinajstić information content (AvgIpc) is 2.73. The minimum absolute atomic E-state index is 0.162. The van der Waals surface area contributed by atoms with Crippen molar-refractivity contribution in [3.05, 3.63) is 29.8 Å². The molecule has 19 heavy (non-hydrogen) atoms. The molecule has 0 atom stereocenters. The molecule has 0 aromatic heterocycles. The van der Waals surface area contributed by atoms with Crippen molar-refractivity contribution in [3.63, 3.8) is 0 Å². The Labute approximate surface area is 114 Å². The molecule has 1 aromatic carbocycles. The van der Waals surface area contributed by atoms with Gasteiger partial charge in [-0.2, -0.15) is 0 Å². The summed E-state index contributed by atoms with van der Waals surface area (Å²) in [5.41, 5.74) is 0.693. The maximum absolute atomic E-state index is 12.2. The van der Waals surface area contributed by atoms with Gasteiger partial charge in [-0.05, 0) is 31.6 Å². The van der Waals surface area contributed by atoms with E-state index in [4.69, 9.17) is 4.74 Å². The number of rotatable bonds is 5. The predicted octanol–water partition coefficient (Wildman–Crippen LogP) is 1.56. The van der Waals surface area contributed by atoms with E-state index in [0.29, 0.717) is 17.7 Å². The number of carbonyl (C=O) groups is 1. The summed E-state index contributed by atoms with van der Waals surface area (Å²) in [5.74, 6) is 0.833. The van der Waals surface area contributed by atoms with E-state index in [2.05, 4.69) is 10.2 Å². The van der Waals surface area contributed by atoms with Crippen molar-refractivity contribution in [2.24, 2.45) is 0 Å². The van der Waals surface area contributed by atoms with E-state index in [9.17, 15) is 4.79 Å². The van der Waals surface area contributed by atoms with Crippen molar-refractivity contribution in [2.75, 3.05) is 39.8 Å². The second-order valence-corrected chi connectivity index (χ2v) is 4.82. The summed E-state index contributed by atoms with van der Waals surface area (Å²) in [6.45, 7) is 5.03. The highest BCUT2D eigenvalue weighted by Crippen LogP contribution is 2.19. The zero-order chi connectivity index (χ0) is 13.5. The first-order chi connectivity index (χ1) is 9.31. The SMILES string of the molecule is COc1ccccc1C(=O)CCN1CCCNCC1. The number of hydrogen-bond donors (Lipinski definition) is 1. The molecule has 0 unspecified atom stereocenters. The van der Waals surface area contributed by atoms with Gasteiger partial charge in [0.2, 0.25) is 0 Å². The number of Topliss-reactive ketones (excluding diaryl/α,β-unsaturated/α-hetero) is 1. The molecule has 104 valence electrons. The Bertz CT molecular complexity index is 412. The minimum atomic E-state index is 0.162. The van der Waals surface area contributed by atoms with E-state index in [1.165, 1.54) is 0 Å². The van der Waals surface area contributed by atoms with Crippen molar-refractivity contribution >= 4 is 5.78 Å². The lowest BCUT2D eigenvalue weighted by Gasteiger charge is -2.18. The third-order valence-corrected chi connectivity index (χ3v) is 3.50. The highest BCUT2D eigenvalue weighted by Gasteiger charge is 2.14. The first-order valence-corrected chi connectivity index (χ1v) is 6.90. The van der Waals surface area contributed by atoms with Gasteiger partial charge in [0.05, 0.1) is 12.7 Å². The van der Waals surface area contributed by atoms with Crippen LogP contribution in [0, 0.1) is 0 Å². The Morgan fingerprint density at radius 2 is 2.16 bits per heavy atom. The zero-order valence-electron chi connectivity index (χ0n) is 11.5. The van der Waals surface area contributed by atoms with Crippen LogP contribution in [0.25, 0.3) is 0 Å². The van der Waals surface area contributed by atoms with Crippen molar-refractivity contribution < 1.29 is 9.53 Å². The smallest absolute Gasteiger partial charge is 0.167 e. The fraction of sp³-hybridized carbons (Fsp3) is 0.533. The van der Waals surface area contributed by atoms with E-state index >= 15 is 0 Å². The Kier molecular flexibility index (Phi) is 5.36. The van der Waals surface area contributed by atoms with Crippen LogP contribution in [0.3, 0.4) is 0 Å². The molecular formula is C15H22N2O2. The van der Waals surface area contributed by atoms with Crippen LogP contribution in [0.15, 0.2) is 24.3 Å². The normalized spacial score (nSPS) is 16.9. The van der Waals surface area contributed by atoms with Crippen LogP contribution >= 0.6 is 0 Å². The summed E-state index contributed by atoms with van der Waals surface area (Å²) in [6.07, 6.45) is 1.71. The van der Waals surface area contributed by atoms with Gasteiger partial charge in [0.1, 0.15) is 5.75 Å². The number of para-hydroxylation sites is 1. The lowest BCUT2D eigenvalue weighted by Crippen LogP contribution is -2.30. The maximum Gasteiger partial charge on any atom is 0.167 e. The summed E-state index contributed by atoms with van der Waals surface area (Å²) in [5, 5.41) is 3.37. The largest absolute Gasteiger partial charge is 0.496 e. The third kappa shape index (κ3) is 4.04. The van der Waals surface area contributed by atoms with Gasteiger partial charge in [-0.3, -0.25) is 4.79 Å². The molecule has 0 aliphatic carbocycles. The van der Waals surface area contributed by atoms with Gasteiger partial charge in [0, 0.05) is 26.1 Å². The second-order valence-electron chi connectivity index (χ2n) is 4.82. The maximum atomic E-state index is 12.2. The number of hydrogen-bond acceptors (Lipinski definition) is 4. The second kappa shape index (κ2) is 7.26. The molecule has 4 heteroatoms. The number of methoxy groups -OCH3 is 1. The highest BCUT2D eigenvalue weighted by molar-refractivity contribution is 5.98. The Morgan fingerprint density at radius 3 is 3.00 bits per heavy atom. The fourth-order valence-electron chi connectivity index (χ4n) is 2.39. The van der Waals surface area contributed by atoms with Gasteiger partial charge in [0.15, 0.2) is 5.78 Å². The molecule has 0 radical (unpaired) electrons. The first-order valence-electron chi connectivity index (χ1n) is 6.90. The zero-order valence-corrected chi connectivity index (χ0v) is 11.5. The van der Waals surface area contributed by atoms with Crippen LogP contribution in [-0.2, 0) is 0 Å². The number of nitrogens with one attached hydrogen (secondary N) is 1. The van der Waals surface area contributed by atoms with Crippen molar-refractivity contribution in [1.29, 1.82) is 0 Å². The molecule has 1 aliphatic heterocycles. The standard InChI is InChI=1S/C15H22N2O2/c1-19-15-6-3-2-5-13(15)14(18)7-11-17-10-4-8-16-9-12-17/h2-3,5-6,16H,4,7-12H2,1H3. The fourth-order valence-corrected chi connectivity index (χ4v) is 2.39. The predicted molar refractivity (Wildman–Crippen MR) is 75.9 cm³/mol. The monoisotopic (exact) mass is 262 g/mol. The van der Waals surface area contributed by atoms with Crippen molar-refractivity contribution in [3.8, 4) is 5.75 Å². The molecule has 1 saturated heterocycles. The first kappa shape index (κ1) is 14.0. The topological polar surface area (TPSA) is 41.6 Å². The van der Waals surface area contributed by atoms with Crippen LogP contribution in [0.1, 0.15) is 23.2 Å². The summed E-state index contributed by atoms with van der Waals surface area (Å²) in [4.78, 5) is 14.6. The highest BCUT2D eigenvalue weighted by atomic mass is 16.5. The lowest BCUT2D eigenvalue weighted by atomic mass is 10.1. The van der Waals surface area contributed by atoms with E-state index < -0.39 is 0 Å². The molecule has 1 N–H and O–H groups in total. The minimum Gasteiger partial charge on any atom is -0.496 e. The molecule has 0 spiro atoms. The molecule has 0 saturated carbocycles. The molecule has 1 fully saturated rings. The molecule has 1 aromatic rings. The van der Waals surface area contributed by atoms with Gasteiger partial charge in [-0.25, -0.2) is 0 Å². The molecule has 2 rings (SSSR count). The number of ether oxygens (including phenoxy) is 1. The molecule has 1 heterocycles. The van der Waals surface area contributed by atoms with Gasteiger partial charge < -0.3 is 15.0 Å². The van der Waals surface area contributed by atoms with Gasteiger partial charge >= 0.3 is 0 Å². The Hall–Kier alpha value is -1.39.